The van der Waals surface area contributed by atoms with Crippen LogP contribution in [0, 0.1) is 5.82 Å². The van der Waals surface area contributed by atoms with Gasteiger partial charge in [-0.05, 0) is 30.7 Å². The van der Waals surface area contributed by atoms with E-state index in [0.29, 0.717) is 12.1 Å². The molecule has 2 rings (SSSR count). The van der Waals surface area contributed by atoms with Crippen LogP contribution < -0.4 is 5.32 Å². The van der Waals surface area contributed by atoms with Gasteiger partial charge in [0.15, 0.2) is 0 Å². The lowest BCUT2D eigenvalue weighted by molar-refractivity contribution is -0.133. The van der Waals surface area contributed by atoms with Crippen LogP contribution in [0.4, 0.5) is 4.39 Å². The SMILES string of the molecule is CCN(Cc1cc(Br)ccc1F)C(=O)CNC(=O)Cc1ccccc1. The number of nitrogens with zero attached hydrogens (tertiary/aromatic N) is 1. The van der Waals surface area contributed by atoms with Crippen LogP contribution in [0.15, 0.2) is 53.0 Å². The molecule has 1 N–H and O–H groups in total. The topological polar surface area (TPSA) is 49.4 Å². The number of carbonyl (C=O) groups is 2. The molecule has 0 aliphatic carbocycles. The molecule has 132 valence electrons. The summed E-state index contributed by atoms with van der Waals surface area (Å²) in [5.41, 5.74) is 1.32. The smallest absolute Gasteiger partial charge is 0.242 e. The Kier molecular flexibility index (Phi) is 7.13. The van der Waals surface area contributed by atoms with Crippen LogP contribution in [0.1, 0.15) is 18.1 Å². The van der Waals surface area contributed by atoms with Crippen molar-refractivity contribution in [3.8, 4) is 0 Å². The van der Waals surface area contributed by atoms with Crippen molar-refractivity contribution in [2.45, 2.75) is 19.9 Å². The van der Waals surface area contributed by atoms with Crippen molar-refractivity contribution in [2.75, 3.05) is 13.1 Å². The van der Waals surface area contributed by atoms with Crippen molar-refractivity contribution in [1.82, 2.24) is 10.2 Å². The van der Waals surface area contributed by atoms with Crippen LogP contribution in [-0.2, 0) is 22.6 Å². The Hall–Kier alpha value is -2.21. The van der Waals surface area contributed by atoms with E-state index in [0.717, 1.165) is 10.0 Å². The third-order valence-electron chi connectivity index (χ3n) is 3.75. The normalized spacial score (nSPS) is 10.4. The van der Waals surface area contributed by atoms with E-state index in [1.807, 2.05) is 37.3 Å². The van der Waals surface area contributed by atoms with E-state index in [1.54, 1.807) is 12.1 Å². The Balaban J connectivity index is 1.89. The zero-order valence-electron chi connectivity index (χ0n) is 14.0. The van der Waals surface area contributed by atoms with Crippen LogP contribution in [0.5, 0.6) is 0 Å². The van der Waals surface area contributed by atoms with Gasteiger partial charge in [0, 0.05) is 23.1 Å². The van der Waals surface area contributed by atoms with E-state index in [2.05, 4.69) is 21.2 Å². The average Bonchev–Trinajstić information content (AvgIpc) is 2.61. The molecule has 0 spiro atoms. The van der Waals surface area contributed by atoms with Gasteiger partial charge in [-0.15, -0.1) is 0 Å². The van der Waals surface area contributed by atoms with Gasteiger partial charge in [0.05, 0.1) is 13.0 Å². The molecule has 0 saturated carbocycles. The number of benzene rings is 2. The van der Waals surface area contributed by atoms with E-state index in [9.17, 15) is 14.0 Å². The second kappa shape index (κ2) is 9.32. The van der Waals surface area contributed by atoms with E-state index in [1.165, 1.54) is 11.0 Å². The fourth-order valence-corrected chi connectivity index (χ4v) is 2.78. The summed E-state index contributed by atoms with van der Waals surface area (Å²) in [6.45, 7) is 2.31. The lowest BCUT2D eigenvalue weighted by Crippen LogP contribution is -2.40. The number of likely N-dealkylation sites (N-methyl/N-ethyl adjacent to an activating group) is 1. The quantitative estimate of drug-likeness (QED) is 0.766. The lowest BCUT2D eigenvalue weighted by atomic mass is 10.1. The molecule has 2 aromatic carbocycles. The molecule has 0 saturated heterocycles. The van der Waals surface area contributed by atoms with Gasteiger partial charge in [-0.25, -0.2) is 4.39 Å². The molecule has 2 aromatic rings. The van der Waals surface area contributed by atoms with Gasteiger partial charge >= 0.3 is 0 Å². The van der Waals surface area contributed by atoms with Gasteiger partial charge in [-0.1, -0.05) is 46.3 Å². The summed E-state index contributed by atoms with van der Waals surface area (Å²) in [5, 5.41) is 2.62. The molecule has 6 heteroatoms. The third kappa shape index (κ3) is 5.98. The molecule has 0 bridgehead atoms. The lowest BCUT2D eigenvalue weighted by Gasteiger charge is -2.21. The summed E-state index contributed by atoms with van der Waals surface area (Å²) in [6, 6.07) is 13.9. The maximum absolute atomic E-state index is 13.9. The summed E-state index contributed by atoms with van der Waals surface area (Å²) < 4.78 is 14.6. The molecule has 2 amide bonds. The largest absolute Gasteiger partial charge is 0.347 e. The molecule has 0 atom stereocenters. The zero-order valence-corrected chi connectivity index (χ0v) is 15.6. The van der Waals surface area contributed by atoms with E-state index in [-0.39, 0.29) is 37.1 Å². The minimum Gasteiger partial charge on any atom is -0.347 e. The first-order chi connectivity index (χ1) is 12.0. The summed E-state index contributed by atoms with van der Waals surface area (Å²) in [5.74, 6) is -0.824. The second-order valence-corrected chi connectivity index (χ2v) is 6.50. The van der Waals surface area contributed by atoms with Crippen molar-refractivity contribution in [1.29, 1.82) is 0 Å². The molecule has 0 fully saturated rings. The second-order valence-electron chi connectivity index (χ2n) is 5.58. The number of rotatable bonds is 7. The summed E-state index contributed by atoms with van der Waals surface area (Å²) in [7, 11) is 0. The van der Waals surface area contributed by atoms with Gasteiger partial charge in [0.25, 0.3) is 0 Å². The number of nitrogens with one attached hydrogen (secondary N) is 1. The highest BCUT2D eigenvalue weighted by atomic mass is 79.9. The van der Waals surface area contributed by atoms with Crippen LogP contribution in [-0.4, -0.2) is 29.8 Å². The zero-order chi connectivity index (χ0) is 18.2. The van der Waals surface area contributed by atoms with Crippen LogP contribution in [0.25, 0.3) is 0 Å². The van der Waals surface area contributed by atoms with Gasteiger partial charge in [0.2, 0.25) is 11.8 Å². The maximum atomic E-state index is 13.9. The van der Waals surface area contributed by atoms with E-state index >= 15 is 0 Å². The molecule has 0 unspecified atom stereocenters. The molecule has 0 radical (unpaired) electrons. The number of amides is 2. The highest BCUT2D eigenvalue weighted by Crippen LogP contribution is 2.17. The average molecular weight is 407 g/mol. The van der Waals surface area contributed by atoms with Crippen molar-refractivity contribution >= 4 is 27.7 Å². The van der Waals surface area contributed by atoms with Gasteiger partial charge < -0.3 is 10.2 Å². The van der Waals surface area contributed by atoms with Crippen LogP contribution >= 0.6 is 15.9 Å². The van der Waals surface area contributed by atoms with Gasteiger partial charge in [-0.3, -0.25) is 9.59 Å². The highest BCUT2D eigenvalue weighted by Gasteiger charge is 2.15. The van der Waals surface area contributed by atoms with Crippen molar-refractivity contribution < 1.29 is 14.0 Å². The molecular formula is C19H20BrFN2O2. The maximum Gasteiger partial charge on any atom is 0.242 e. The number of halogens is 2. The third-order valence-corrected chi connectivity index (χ3v) is 4.24. The molecule has 4 nitrogen and oxygen atoms in total. The van der Waals surface area contributed by atoms with Crippen LogP contribution in [0.2, 0.25) is 0 Å². The van der Waals surface area contributed by atoms with Gasteiger partial charge in [0.1, 0.15) is 5.82 Å². The Morgan fingerprint density at radius 1 is 1.16 bits per heavy atom. The molecule has 0 heterocycles. The first kappa shape index (κ1) is 19.1. The molecule has 0 aromatic heterocycles. The van der Waals surface area contributed by atoms with Gasteiger partial charge in [-0.2, -0.15) is 0 Å². The number of hydrogen-bond donors (Lipinski definition) is 1. The first-order valence-corrected chi connectivity index (χ1v) is 8.81. The van der Waals surface area contributed by atoms with Crippen molar-refractivity contribution in [2.24, 2.45) is 0 Å². The van der Waals surface area contributed by atoms with E-state index < -0.39 is 0 Å². The summed E-state index contributed by atoms with van der Waals surface area (Å²) >= 11 is 3.30. The van der Waals surface area contributed by atoms with Crippen LogP contribution in [0.3, 0.4) is 0 Å². The van der Waals surface area contributed by atoms with E-state index in [4.69, 9.17) is 0 Å². The summed E-state index contributed by atoms with van der Waals surface area (Å²) in [6.07, 6.45) is 0.223. The molecule has 25 heavy (non-hydrogen) atoms. The molecule has 0 aliphatic heterocycles. The predicted molar refractivity (Wildman–Crippen MR) is 98.3 cm³/mol. The Morgan fingerprint density at radius 3 is 2.56 bits per heavy atom. The monoisotopic (exact) mass is 406 g/mol. The number of hydrogen-bond acceptors (Lipinski definition) is 2. The molecule has 0 aliphatic rings. The van der Waals surface area contributed by atoms with Crippen molar-refractivity contribution in [3.05, 3.63) is 69.9 Å². The molecular weight excluding hydrogens is 387 g/mol. The number of carbonyl (C=O) groups excluding carboxylic acids is 2. The Morgan fingerprint density at radius 2 is 1.88 bits per heavy atom. The standard InChI is InChI=1S/C19H20BrFN2O2/c1-2-23(13-15-11-16(20)8-9-17(15)21)19(25)12-22-18(24)10-14-6-4-3-5-7-14/h3-9,11H,2,10,12-13H2,1H3,(H,22,24). The Bertz CT molecular complexity index is 737. The fourth-order valence-electron chi connectivity index (χ4n) is 2.38. The first-order valence-electron chi connectivity index (χ1n) is 8.02. The highest BCUT2D eigenvalue weighted by molar-refractivity contribution is 9.10. The Labute approximate surface area is 155 Å². The summed E-state index contributed by atoms with van der Waals surface area (Å²) in [4.78, 5) is 25.8. The minimum absolute atomic E-state index is 0.102. The van der Waals surface area contributed by atoms with Crippen molar-refractivity contribution in [3.63, 3.8) is 0 Å². The predicted octanol–water partition coefficient (Wildman–Crippen LogP) is 3.30. The fraction of sp³-hybridized carbons (Fsp3) is 0.263. The minimum atomic E-state index is -0.359.